The van der Waals surface area contributed by atoms with Crippen LogP contribution in [-0.4, -0.2) is 23.8 Å². The van der Waals surface area contributed by atoms with Crippen LogP contribution in [0.15, 0.2) is 53.6 Å². The molecule has 0 bridgehead atoms. The van der Waals surface area contributed by atoms with Crippen LogP contribution in [0.4, 0.5) is 0 Å². The third-order valence-electron chi connectivity index (χ3n) is 3.41. The van der Waals surface area contributed by atoms with Crippen LogP contribution in [0, 0.1) is 0 Å². The van der Waals surface area contributed by atoms with Crippen molar-refractivity contribution in [1.29, 1.82) is 0 Å². The van der Waals surface area contributed by atoms with Gasteiger partial charge in [-0.2, -0.15) is 5.10 Å². The number of unbranched alkanes of at least 4 members (excludes halogenated alkanes) is 1. The van der Waals surface area contributed by atoms with E-state index in [0.29, 0.717) is 5.75 Å². The van der Waals surface area contributed by atoms with Gasteiger partial charge in [-0.15, -0.1) is 0 Å². The minimum atomic E-state index is -0.333. The van der Waals surface area contributed by atoms with Gasteiger partial charge in [-0.25, -0.2) is 5.43 Å². The number of amides is 1. The van der Waals surface area contributed by atoms with Crippen LogP contribution in [0.1, 0.15) is 30.9 Å². The molecule has 2 rings (SSSR count). The maximum absolute atomic E-state index is 11.7. The molecule has 2 aromatic rings. The number of hydrogen-bond acceptors (Lipinski definition) is 4. The van der Waals surface area contributed by atoms with Gasteiger partial charge in [0.15, 0.2) is 6.61 Å². The maximum Gasteiger partial charge on any atom is 0.277 e. The van der Waals surface area contributed by atoms with Crippen molar-refractivity contribution >= 4 is 12.1 Å². The minimum Gasteiger partial charge on any atom is -0.508 e. The molecule has 0 aliphatic rings. The average molecular weight is 326 g/mol. The van der Waals surface area contributed by atoms with Crippen LogP contribution in [0.2, 0.25) is 0 Å². The molecule has 0 spiro atoms. The number of carbonyl (C=O) groups is 1. The fourth-order valence-corrected chi connectivity index (χ4v) is 2.05. The predicted molar refractivity (Wildman–Crippen MR) is 94.4 cm³/mol. The lowest BCUT2D eigenvalue weighted by atomic mass is 10.1. The second kappa shape index (κ2) is 9.35. The van der Waals surface area contributed by atoms with Gasteiger partial charge in [-0.1, -0.05) is 25.5 Å². The molecule has 0 radical (unpaired) electrons. The molecule has 2 N–H and O–H groups in total. The summed E-state index contributed by atoms with van der Waals surface area (Å²) in [6.07, 6.45) is 4.90. The van der Waals surface area contributed by atoms with Gasteiger partial charge in [0.2, 0.25) is 0 Å². The number of nitrogens with zero attached hydrogens (tertiary/aromatic N) is 1. The Morgan fingerprint density at radius 2 is 1.88 bits per heavy atom. The van der Waals surface area contributed by atoms with Gasteiger partial charge in [-0.3, -0.25) is 4.79 Å². The van der Waals surface area contributed by atoms with Crippen LogP contribution < -0.4 is 10.2 Å². The van der Waals surface area contributed by atoms with Crippen molar-refractivity contribution in [3.05, 3.63) is 59.7 Å². The Kier molecular flexibility index (Phi) is 6.83. The van der Waals surface area contributed by atoms with Crippen molar-refractivity contribution in [3.63, 3.8) is 0 Å². The molecular weight excluding hydrogens is 304 g/mol. The molecule has 0 atom stereocenters. The molecule has 0 heterocycles. The summed E-state index contributed by atoms with van der Waals surface area (Å²) in [5.74, 6) is 0.512. The number of hydrazone groups is 1. The first-order valence-corrected chi connectivity index (χ1v) is 8.00. The van der Waals surface area contributed by atoms with Crippen LogP contribution in [0.5, 0.6) is 11.5 Å². The lowest BCUT2D eigenvalue weighted by Gasteiger charge is -2.06. The van der Waals surface area contributed by atoms with E-state index in [0.717, 1.165) is 12.0 Å². The third-order valence-corrected chi connectivity index (χ3v) is 3.41. The lowest BCUT2D eigenvalue weighted by molar-refractivity contribution is -0.123. The molecule has 5 heteroatoms. The number of ether oxygens (including phenoxy) is 1. The van der Waals surface area contributed by atoms with Gasteiger partial charge >= 0.3 is 0 Å². The molecule has 5 nitrogen and oxygen atoms in total. The first kappa shape index (κ1) is 17.5. The number of aryl methyl sites for hydroxylation is 1. The highest BCUT2D eigenvalue weighted by Gasteiger charge is 2.01. The molecule has 24 heavy (non-hydrogen) atoms. The normalized spacial score (nSPS) is 10.7. The van der Waals surface area contributed by atoms with E-state index < -0.39 is 0 Å². The number of phenolic OH excluding ortho intramolecular Hbond substituents is 1. The van der Waals surface area contributed by atoms with E-state index in [9.17, 15) is 9.90 Å². The molecule has 0 aliphatic heterocycles. The second-order valence-corrected chi connectivity index (χ2v) is 5.42. The summed E-state index contributed by atoms with van der Waals surface area (Å²) in [5, 5.41) is 13.0. The molecule has 2 aromatic carbocycles. The highest BCUT2D eigenvalue weighted by Crippen LogP contribution is 2.13. The van der Waals surface area contributed by atoms with E-state index in [1.807, 2.05) is 24.3 Å². The molecule has 0 saturated heterocycles. The number of rotatable bonds is 8. The largest absolute Gasteiger partial charge is 0.508 e. The zero-order chi connectivity index (χ0) is 17.2. The van der Waals surface area contributed by atoms with E-state index >= 15 is 0 Å². The van der Waals surface area contributed by atoms with Gasteiger partial charge in [-0.05, 0) is 60.4 Å². The molecular formula is C19H22N2O3. The van der Waals surface area contributed by atoms with E-state index in [2.05, 4.69) is 17.5 Å². The Bertz CT molecular complexity index is 664. The number of nitrogens with one attached hydrogen (secondary N) is 1. The number of carbonyl (C=O) groups excluding carboxylic acids is 1. The fraction of sp³-hybridized carbons (Fsp3) is 0.263. The molecule has 0 aromatic heterocycles. The minimum absolute atomic E-state index is 0.0960. The molecule has 0 saturated carbocycles. The Morgan fingerprint density at radius 1 is 1.17 bits per heavy atom. The summed E-state index contributed by atoms with van der Waals surface area (Å²) in [6, 6.07) is 14.3. The predicted octanol–water partition coefficient (Wildman–Crippen LogP) is 3.26. The number of aromatic hydroxyl groups is 1. The lowest BCUT2D eigenvalue weighted by Crippen LogP contribution is -2.24. The smallest absolute Gasteiger partial charge is 0.277 e. The zero-order valence-electron chi connectivity index (χ0n) is 13.7. The number of benzene rings is 2. The molecule has 0 fully saturated rings. The van der Waals surface area contributed by atoms with E-state index in [-0.39, 0.29) is 18.3 Å². The number of phenols is 1. The summed E-state index contributed by atoms with van der Waals surface area (Å²) in [6.45, 7) is 2.07. The summed E-state index contributed by atoms with van der Waals surface area (Å²) < 4.78 is 5.43. The topological polar surface area (TPSA) is 70.9 Å². The standard InChI is InChI=1S/C19H22N2O3/c1-2-3-4-15-7-11-18(12-8-15)24-14-19(23)21-20-13-16-5-9-17(22)10-6-16/h5-13,22H,2-4,14H2,1H3,(H,21,23). The van der Waals surface area contributed by atoms with E-state index in [4.69, 9.17) is 4.74 Å². The van der Waals surface area contributed by atoms with Crippen molar-refractivity contribution in [2.24, 2.45) is 5.10 Å². The van der Waals surface area contributed by atoms with Crippen LogP contribution in [0.3, 0.4) is 0 Å². The highest BCUT2D eigenvalue weighted by atomic mass is 16.5. The van der Waals surface area contributed by atoms with Crippen LogP contribution >= 0.6 is 0 Å². The Labute approximate surface area is 142 Å². The van der Waals surface area contributed by atoms with Crippen molar-refractivity contribution in [1.82, 2.24) is 5.43 Å². The maximum atomic E-state index is 11.7. The molecule has 126 valence electrons. The van der Waals surface area contributed by atoms with Gasteiger partial charge in [0.25, 0.3) is 5.91 Å². The Morgan fingerprint density at radius 3 is 2.54 bits per heavy atom. The Balaban J connectivity index is 1.73. The van der Waals surface area contributed by atoms with Crippen LogP contribution in [-0.2, 0) is 11.2 Å². The summed E-state index contributed by atoms with van der Waals surface area (Å²) in [5.41, 5.74) is 4.44. The highest BCUT2D eigenvalue weighted by molar-refractivity contribution is 5.83. The number of hydrogen-bond donors (Lipinski definition) is 2. The van der Waals surface area contributed by atoms with Gasteiger partial charge in [0.1, 0.15) is 11.5 Å². The quantitative estimate of drug-likeness (QED) is 0.578. The van der Waals surface area contributed by atoms with Gasteiger partial charge in [0, 0.05) is 0 Å². The summed E-state index contributed by atoms with van der Waals surface area (Å²) in [4.78, 5) is 11.7. The SMILES string of the molecule is CCCCc1ccc(OCC(=O)NN=Cc2ccc(O)cc2)cc1. The van der Waals surface area contributed by atoms with Crippen molar-refractivity contribution < 1.29 is 14.6 Å². The summed E-state index contributed by atoms with van der Waals surface area (Å²) in [7, 11) is 0. The van der Waals surface area contributed by atoms with Crippen LogP contribution in [0.25, 0.3) is 0 Å². The van der Waals surface area contributed by atoms with Crippen molar-refractivity contribution in [2.75, 3.05) is 6.61 Å². The zero-order valence-corrected chi connectivity index (χ0v) is 13.7. The monoisotopic (exact) mass is 326 g/mol. The van der Waals surface area contributed by atoms with E-state index in [1.54, 1.807) is 24.3 Å². The van der Waals surface area contributed by atoms with E-state index in [1.165, 1.54) is 24.6 Å². The van der Waals surface area contributed by atoms with Crippen molar-refractivity contribution in [2.45, 2.75) is 26.2 Å². The molecule has 0 unspecified atom stereocenters. The van der Waals surface area contributed by atoms with Crippen molar-refractivity contribution in [3.8, 4) is 11.5 Å². The van der Waals surface area contributed by atoms with Gasteiger partial charge < -0.3 is 9.84 Å². The first-order chi connectivity index (χ1) is 11.7. The second-order valence-electron chi connectivity index (χ2n) is 5.42. The molecule has 1 amide bonds. The fourth-order valence-electron chi connectivity index (χ4n) is 2.05. The summed E-state index contributed by atoms with van der Waals surface area (Å²) >= 11 is 0. The molecule has 0 aliphatic carbocycles. The Hall–Kier alpha value is -2.82. The average Bonchev–Trinajstić information content (AvgIpc) is 2.61. The first-order valence-electron chi connectivity index (χ1n) is 8.00. The van der Waals surface area contributed by atoms with Gasteiger partial charge in [0.05, 0.1) is 6.21 Å². The third kappa shape index (κ3) is 6.12.